The van der Waals surface area contributed by atoms with Gasteiger partial charge in [-0.25, -0.2) is 0 Å². The van der Waals surface area contributed by atoms with Crippen LogP contribution in [0.15, 0.2) is 36.4 Å². The lowest BCUT2D eigenvalue weighted by Crippen LogP contribution is -2.30. The SMILES string of the molecule is Cc1cc(C)cc(NC(=O)[C@@H](C)Oc2ccc(Cl)c(C)c2)c1. The first-order valence-electron chi connectivity index (χ1n) is 7.17. The second-order valence-electron chi connectivity index (χ2n) is 5.54. The fourth-order valence-corrected chi connectivity index (χ4v) is 2.36. The zero-order valence-corrected chi connectivity index (χ0v) is 14.0. The number of halogens is 1. The van der Waals surface area contributed by atoms with Crippen LogP contribution >= 0.6 is 11.6 Å². The summed E-state index contributed by atoms with van der Waals surface area (Å²) < 4.78 is 5.67. The monoisotopic (exact) mass is 317 g/mol. The van der Waals surface area contributed by atoms with Gasteiger partial charge in [0.25, 0.3) is 5.91 Å². The maximum Gasteiger partial charge on any atom is 0.265 e. The van der Waals surface area contributed by atoms with Crippen molar-refractivity contribution in [2.45, 2.75) is 33.8 Å². The molecule has 0 aromatic heterocycles. The van der Waals surface area contributed by atoms with Crippen LogP contribution in [0.25, 0.3) is 0 Å². The Morgan fingerprint density at radius 3 is 2.32 bits per heavy atom. The summed E-state index contributed by atoms with van der Waals surface area (Å²) in [5, 5.41) is 3.56. The fraction of sp³-hybridized carbons (Fsp3) is 0.278. The Labute approximate surface area is 136 Å². The van der Waals surface area contributed by atoms with E-state index in [0.717, 1.165) is 22.4 Å². The van der Waals surface area contributed by atoms with E-state index in [1.165, 1.54) is 0 Å². The van der Waals surface area contributed by atoms with Crippen molar-refractivity contribution in [2.75, 3.05) is 5.32 Å². The largest absolute Gasteiger partial charge is 0.481 e. The number of hydrogen-bond acceptors (Lipinski definition) is 2. The van der Waals surface area contributed by atoms with Crippen LogP contribution in [0.3, 0.4) is 0 Å². The molecule has 0 aliphatic heterocycles. The summed E-state index contributed by atoms with van der Waals surface area (Å²) in [7, 11) is 0. The van der Waals surface area contributed by atoms with Gasteiger partial charge in [-0.15, -0.1) is 0 Å². The molecule has 0 aliphatic rings. The van der Waals surface area contributed by atoms with Gasteiger partial charge in [0.1, 0.15) is 5.75 Å². The summed E-state index contributed by atoms with van der Waals surface area (Å²) in [6.45, 7) is 7.62. The van der Waals surface area contributed by atoms with Crippen molar-refractivity contribution in [3.8, 4) is 5.75 Å². The number of carbonyl (C=O) groups is 1. The van der Waals surface area contributed by atoms with Gasteiger partial charge in [0.05, 0.1) is 0 Å². The summed E-state index contributed by atoms with van der Waals surface area (Å²) in [5.74, 6) is 0.447. The van der Waals surface area contributed by atoms with Gasteiger partial charge in [-0.05, 0) is 74.7 Å². The molecule has 1 amide bonds. The highest BCUT2D eigenvalue weighted by molar-refractivity contribution is 6.31. The molecule has 0 unspecified atom stereocenters. The number of anilines is 1. The summed E-state index contributed by atoms with van der Waals surface area (Å²) in [5.41, 5.74) is 3.92. The lowest BCUT2D eigenvalue weighted by molar-refractivity contribution is -0.122. The zero-order valence-electron chi connectivity index (χ0n) is 13.2. The second kappa shape index (κ2) is 6.84. The standard InChI is InChI=1S/C18H20ClNO2/c1-11-7-12(2)9-15(8-11)20-18(21)14(4)22-16-5-6-17(19)13(3)10-16/h5-10,14H,1-4H3,(H,20,21)/t14-/m1/s1. The summed E-state index contributed by atoms with van der Waals surface area (Å²) >= 11 is 5.98. The number of rotatable bonds is 4. The highest BCUT2D eigenvalue weighted by Gasteiger charge is 2.15. The number of carbonyl (C=O) groups excluding carboxylic acids is 1. The molecule has 0 spiro atoms. The molecule has 3 nitrogen and oxygen atoms in total. The second-order valence-corrected chi connectivity index (χ2v) is 5.94. The van der Waals surface area contributed by atoms with E-state index in [0.29, 0.717) is 10.8 Å². The Morgan fingerprint density at radius 2 is 1.73 bits per heavy atom. The number of nitrogens with one attached hydrogen (secondary N) is 1. The number of amides is 1. The molecule has 22 heavy (non-hydrogen) atoms. The van der Waals surface area contributed by atoms with Crippen LogP contribution in [0.1, 0.15) is 23.6 Å². The quantitative estimate of drug-likeness (QED) is 0.889. The first kappa shape index (κ1) is 16.4. The summed E-state index contributed by atoms with van der Waals surface area (Å²) in [6, 6.07) is 11.3. The summed E-state index contributed by atoms with van der Waals surface area (Å²) in [6.07, 6.45) is -0.596. The van der Waals surface area contributed by atoms with Crippen LogP contribution in [0, 0.1) is 20.8 Å². The van der Waals surface area contributed by atoms with Crippen molar-refractivity contribution in [1.82, 2.24) is 0 Å². The number of hydrogen-bond donors (Lipinski definition) is 1. The van der Waals surface area contributed by atoms with Crippen molar-refractivity contribution in [2.24, 2.45) is 0 Å². The minimum Gasteiger partial charge on any atom is -0.481 e. The Bertz CT molecular complexity index is 677. The van der Waals surface area contributed by atoms with Crippen LogP contribution in [-0.4, -0.2) is 12.0 Å². The maximum atomic E-state index is 12.2. The lowest BCUT2D eigenvalue weighted by atomic mass is 10.1. The maximum absolute atomic E-state index is 12.2. The average molecular weight is 318 g/mol. The van der Waals surface area contributed by atoms with Gasteiger partial charge in [0, 0.05) is 10.7 Å². The van der Waals surface area contributed by atoms with Crippen molar-refractivity contribution in [1.29, 1.82) is 0 Å². The van der Waals surface area contributed by atoms with Gasteiger partial charge in [0.15, 0.2) is 6.10 Å². The fourth-order valence-electron chi connectivity index (χ4n) is 2.24. The first-order chi connectivity index (χ1) is 10.3. The zero-order chi connectivity index (χ0) is 16.3. The Morgan fingerprint density at radius 1 is 1.09 bits per heavy atom. The molecule has 116 valence electrons. The van der Waals surface area contributed by atoms with E-state index in [-0.39, 0.29) is 5.91 Å². The molecule has 0 heterocycles. The van der Waals surface area contributed by atoms with Gasteiger partial charge in [-0.1, -0.05) is 17.7 Å². The van der Waals surface area contributed by atoms with Crippen LogP contribution in [0.5, 0.6) is 5.75 Å². The lowest BCUT2D eigenvalue weighted by Gasteiger charge is -2.16. The predicted molar refractivity (Wildman–Crippen MR) is 90.8 cm³/mol. The molecule has 1 N–H and O–H groups in total. The van der Waals surface area contributed by atoms with E-state index in [2.05, 4.69) is 11.4 Å². The molecule has 0 aliphatic carbocycles. The van der Waals surface area contributed by atoms with E-state index in [9.17, 15) is 4.79 Å². The number of ether oxygens (including phenoxy) is 1. The van der Waals surface area contributed by atoms with Crippen LogP contribution < -0.4 is 10.1 Å². The topological polar surface area (TPSA) is 38.3 Å². The molecule has 2 rings (SSSR count). The molecule has 0 bridgehead atoms. The van der Waals surface area contributed by atoms with E-state index < -0.39 is 6.10 Å². The molecule has 0 saturated heterocycles. The minimum absolute atomic E-state index is 0.183. The van der Waals surface area contributed by atoms with E-state index in [1.54, 1.807) is 19.1 Å². The third kappa shape index (κ3) is 4.25. The van der Waals surface area contributed by atoms with Crippen molar-refractivity contribution >= 4 is 23.2 Å². The number of benzene rings is 2. The van der Waals surface area contributed by atoms with Crippen LogP contribution in [0.4, 0.5) is 5.69 Å². The molecule has 0 saturated carbocycles. The van der Waals surface area contributed by atoms with E-state index >= 15 is 0 Å². The minimum atomic E-state index is -0.596. The molecule has 2 aromatic carbocycles. The molecule has 2 aromatic rings. The van der Waals surface area contributed by atoms with Gasteiger partial charge in [-0.2, -0.15) is 0 Å². The van der Waals surface area contributed by atoms with Gasteiger partial charge < -0.3 is 10.1 Å². The molecule has 0 fully saturated rings. The molecular weight excluding hydrogens is 298 g/mol. The van der Waals surface area contributed by atoms with E-state index in [1.807, 2.05) is 39.0 Å². The van der Waals surface area contributed by atoms with E-state index in [4.69, 9.17) is 16.3 Å². The normalized spacial score (nSPS) is 11.9. The van der Waals surface area contributed by atoms with Crippen LogP contribution in [0.2, 0.25) is 5.02 Å². The molecule has 4 heteroatoms. The highest BCUT2D eigenvalue weighted by atomic mass is 35.5. The van der Waals surface area contributed by atoms with Crippen molar-refractivity contribution in [3.05, 3.63) is 58.1 Å². The molecular formula is C18H20ClNO2. The third-order valence-corrected chi connectivity index (χ3v) is 3.72. The van der Waals surface area contributed by atoms with Gasteiger partial charge >= 0.3 is 0 Å². The highest BCUT2D eigenvalue weighted by Crippen LogP contribution is 2.22. The Hall–Kier alpha value is -2.00. The average Bonchev–Trinajstić information content (AvgIpc) is 2.41. The van der Waals surface area contributed by atoms with Crippen LogP contribution in [-0.2, 0) is 4.79 Å². The summed E-state index contributed by atoms with van der Waals surface area (Å²) in [4.78, 5) is 12.2. The van der Waals surface area contributed by atoms with Gasteiger partial charge in [-0.3, -0.25) is 4.79 Å². The van der Waals surface area contributed by atoms with Crippen molar-refractivity contribution in [3.63, 3.8) is 0 Å². The predicted octanol–water partition coefficient (Wildman–Crippen LogP) is 4.67. The third-order valence-electron chi connectivity index (χ3n) is 3.30. The first-order valence-corrected chi connectivity index (χ1v) is 7.55. The Balaban J connectivity index is 2.04. The number of aryl methyl sites for hydroxylation is 3. The Kier molecular flexibility index (Phi) is 5.09. The molecule has 1 atom stereocenters. The smallest absolute Gasteiger partial charge is 0.265 e. The van der Waals surface area contributed by atoms with Gasteiger partial charge in [0.2, 0.25) is 0 Å². The molecule has 0 radical (unpaired) electrons. The van der Waals surface area contributed by atoms with Crippen molar-refractivity contribution < 1.29 is 9.53 Å².